The van der Waals surface area contributed by atoms with E-state index in [4.69, 9.17) is 0 Å². The van der Waals surface area contributed by atoms with Crippen molar-refractivity contribution in [2.45, 2.75) is 0 Å². The molecule has 0 saturated heterocycles. The van der Waals surface area contributed by atoms with Crippen LogP contribution in [0.4, 0.5) is 0 Å². The second-order valence-electron chi connectivity index (χ2n) is 4.45. The van der Waals surface area contributed by atoms with Crippen molar-refractivity contribution in [3.63, 3.8) is 0 Å². The van der Waals surface area contributed by atoms with Crippen molar-refractivity contribution in [2.24, 2.45) is 0 Å². The summed E-state index contributed by atoms with van der Waals surface area (Å²) in [6, 6.07) is 7.76. The fourth-order valence-corrected chi connectivity index (χ4v) is 3.63. The number of hydrogen-bond donors (Lipinski definition) is 1. The number of thiazole rings is 2. The van der Waals surface area contributed by atoms with Gasteiger partial charge in [-0.15, -0.1) is 22.7 Å². The van der Waals surface area contributed by atoms with Crippen LogP contribution in [-0.4, -0.2) is 20.7 Å². The summed E-state index contributed by atoms with van der Waals surface area (Å²) in [7, 11) is 0. The maximum atomic E-state index is 12.6. The Hall–Kier alpha value is -2.31. The quantitative estimate of drug-likeness (QED) is 0.582. The van der Waals surface area contributed by atoms with E-state index in [2.05, 4.69) is 15.0 Å². The third kappa shape index (κ3) is 2.09. The van der Waals surface area contributed by atoms with Gasteiger partial charge >= 0.3 is 0 Å². The molecule has 0 spiro atoms. The Labute approximate surface area is 128 Å². The number of aromatic amines is 1. The van der Waals surface area contributed by atoms with Crippen LogP contribution in [0, 0.1) is 0 Å². The minimum atomic E-state index is -0.0553. The summed E-state index contributed by atoms with van der Waals surface area (Å²) < 4.78 is 0. The molecule has 0 amide bonds. The first-order valence-electron chi connectivity index (χ1n) is 6.29. The molecule has 0 aliphatic heterocycles. The van der Waals surface area contributed by atoms with Crippen LogP contribution in [0.25, 0.3) is 21.6 Å². The van der Waals surface area contributed by atoms with Gasteiger partial charge in [-0.05, 0) is 6.07 Å². The highest BCUT2D eigenvalue weighted by molar-refractivity contribution is 7.14. The third-order valence-electron chi connectivity index (χ3n) is 3.18. The van der Waals surface area contributed by atoms with E-state index in [9.17, 15) is 4.79 Å². The van der Waals surface area contributed by atoms with Gasteiger partial charge in [0, 0.05) is 34.1 Å². The number of rotatable bonds is 3. The second-order valence-corrected chi connectivity index (χ2v) is 6.20. The summed E-state index contributed by atoms with van der Waals surface area (Å²) in [4.78, 5) is 24.4. The van der Waals surface area contributed by atoms with Crippen molar-refractivity contribution in [3.8, 4) is 10.7 Å². The summed E-state index contributed by atoms with van der Waals surface area (Å²) >= 11 is 2.87. The van der Waals surface area contributed by atoms with E-state index in [-0.39, 0.29) is 5.78 Å². The Morgan fingerprint density at radius 3 is 2.95 bits per heavy atom. The number of nitrogens with zero attached hydrogens (tertiary/aromatic N) is 2. The van der Waals surface area contributed by atoms with E-state index in [1.54, 1.807) is 12.4 Å². The standard InChI is InChI=1S/C15H9N3OS2/c19-13(10-7-17-11-4-2-1-3-9(10)11)15-18-12(8-21-15)14-16-5-6-20-14/h1-8,17H. The first-order valence-corrected chi connectivity index (χ1v) is 8.05. The van der Waals surface area contributed by atoms with Crippen LogP contribution < -0.4 is 0 Å². The van der Waals surface area contributed by atoms with Crippen LogP contribution in [0.2, 0.25) is 0 Å². The lowest BCUT2D eigenvalue weighted by Crippen LogP contribution is -1.99. The van der Waals surface area contributed by atoms with Crippen LogP contribution >= 0.6 is 22.7 Å². The van der Waals surface area contributed by atoms with E-state index in [0.29, 0.717) is 10.6 Å². The van der Waals surface area contributed by atoms with Gasteiger partial charge in [0.15, 0.2) is 5.01 Å². The van der Waals surface area contributed by atoms with Crippen LogP contribution in [0.1, 0.15) is 15.4 Å². The zero-order chi connectivity index (χ0) is 14.2. The number of fused-ring (bicyclic) bond motifs is 1. The topological polar surface area (TPSA) is 58.6 Å². The van der Waals surface area contributed by atoms with Crippen LogP contribution in [-0.2, 0) is 0 Å². The molecule has 0 radical (unpaired) electrons. The van der Waals surface area contributed by atoms with E-state index < -0.39 is 0 Å². The summed E-state index contributed by atoms with van der Waals surface area (Å²) in [5.74, 6) is -0.0553. The van der Waals surface area contributed by atoms with Crippen molar-refractivity contribution >= 4 is 39.4 Å². The van der Waals surface area contributed by atoms with Gasteiger partial charge in [0.2, 0.25) is 5.78 Å². The van der Waals surface area contributed by atoms with Crippen molar-refractivity contribution < 1.29 is 4.79 Å². The number of H-pyrrole nitrogens is 1. The highest BCUT2D eigenvalue weighted by atomic mass is 32.1. The molecule has 3 heterocycles. The minimum Gasteiger partial charge on any atom is -0.360 e. The van der Waals surface area contributed by atoms with Crippen LogP contribution in [0.3, 0.4) is 0 Å². The highest BCUT2D eigenvalue weighted by Crippen LogP contribution is 2.27. The summed E-state index contributed by atoms with van der Waals surface area (Å²) in [5.41, 5.74) is 2.38. The SMILES string of the molecule is O=C(c1nc(-c2nccs2)cs1)c1c[nH]c2ccccc12. The average Bonchev–Trinajstić information content (AvgIpc) is 3.25. The molecular formula is C15H9N3OS2. The van der Waals surface area contributed by atoms with E-state index in [1.807, 2.05) is 35.0 Å². The molecule has 0 atom stereocenters. The zero-order valence-electron chi connectivity index (χ0n) is 10.7. The third-order valence-corrected chi connectivity index (χ3v) is 4.82. The lowest BCUT2D eigenvalue weighted by Gasteiger charge is -1.94. The first kappa shape index (κ1) is 12.4. The van der Waals surface area contributed by atoms with Gasteiger partial charge in [-0.25, -0.2) is 9.97 Å². The number of carbonyl (C=O) groups excluding carboxylic acids is 1. The molecule has 0 bridgehead atoms. The van der Waals surface area contributed by atoms with Gasteiger partial charge in [-0.2, -0.15) is 0 Å². The Bertz CT molecular complexity index is 921. The maximum absolute atomic E-state index is 12.6. The molecule has 0 fully saturated rings. The Morgan fingerprint density at radius 2 is 2.10 bits per heavy atom. The van der Waals surface area contributed by atoms with Gasteiger partial charge in [0.25, 0.3) is 0 Å². The molecule has 0 aliphatic carbocycles. The molecule has 4 aromatic rings. The van der Waals surface area contributed by atoms with Crippen molar-refractivity contribution in [3.05, 3.63) is 58.0 Å². The predicted octanol–water partition coefficient (Wildman–Crippen LogP) is 3.98. The number of aromatic nitrogens is 3. The van der Waals surface area contributed by atoms with Crippen LogP contribution in [0.5, 0.6) is 0 Å². The average molecular weight is 311 g/mol. The molecular weight excluding hydrogens is 302 g/mol. The molecule has 1 N–H and O–H groups in total. The molecule has 0 unspecified atom stereocenters. The number of ketones is 1. The molecule has 0 saturated carbocycles. The Kier molecular flexibility index (Phi) is 2.90. The normalized spacial score (nSPS) is 11.0. The predicted molar refractivity (Wildman–Crippen MR) is 85.0 cm³/mol. The summed E-state index contributed by atoms with van der Waals surface area (Å²) in [6.45, 7) is 0. The number of carbonyl (C=O) groups is 1. The smallest absolute Gasteiger partial charge is 0.223 e. The molecule has 0 aliphatic rings. The molecule has 4 rings (SSSR count). The zero-order valence-corrected chi connectivity index (χ0v) is 12.4. The van der Waals surface area contributed by atoms with Crippen LogP contribution in [0.15, 0.2) is 47.4 Å². The maximum Gasteiger partial charge on any atom is 0.223 e. The molecule has 102 valence electrons. The lowest BCUT2D eigenvalue weighted by molar-refractivity contribution is 0.104. The second kappa shape index (κ2) is 4.91. The number of benzene rings is 1. The first-order chi connectivity index (χ1) is 10.3. The molecule has 3 aromatic heterocycles. The Balaban J connectivity index is 1.75. The summed E-state index contributed by atoms with van der Waals surface area (Å²) in [5, 5.41) is 6.03. The number of hydrogen-bond acceptors (Lipinski definition) is 5. The van der Waals surface area contributed by atoms with Gasteiger partial charge in [0.1, 0.15) is 10.7 Å². The van der Waals surface area contributed by atoms with Gasteiger partial charge in [0.05, 0.1) is 5.56 Å². The van der Waals surface area contributed by atoms with Gasteiger partial charge < -0.3 is 4.98 Å². The largest absolute Gasteiger partial charge is 0.360 e. The van der Waals surface area contributed by atoms with E-state index in [1.165, 1.54) is 22.7 Å². The molecule has 1 aromatic carbocycles. The molecule has 4 nitrogen and oxygen atoms in total. The highest BCUT2D eigenvalue weighted by Gasteiger charge is 2.18. The fourth-order valence-electron chi connectivity index (χ4n) is 2.20. The fraction of sp³-hybridized carbons (Fsp3) is 0. The lowest BCUT2D eigenvalue weighted by atomic mass is 10.1. The van der Waals surface area contributed by atoms with E-state index in [0.717, 1.165) is 21.6 Å². The van der Waals surface area contributed by atoms with E-state index >= 15 is 0 Å². The minimum absolute atomic E-state index is 0.0553. The van der Waals surface area contributed by atoms with Crippen molar-refractivity contribution in [1.82, 2.24) is 15.0 Å². The van der Waals surface area contributed by atoms with Crippen molar-refractivity contribution in [1.29, 1.82) is 0 Å². The summed E-state index contributed by atoms with van der Waals surface area (Å²) in [6.07, 6.45) is 3.48. The van der Waals surface area contributed by atoms with Gasteiger partial charge in [-0.1, -0.05) is 18.2 Å². The number of nitrogens with one attached hydrogen (secondary N) is 1. The Morgan fingerprint density at radius 1 is 1.19 bits per heavy atom. The van der Waals surface area contributed by atoms with Crippen molar-refractivity contribution in [2.75, 3.05) is 0 Å². The molecule has 21 heavy (non-hydrogen) atoms. The number of para-hydroxylation sites is 1. The van der Waals surface area contributed by atoms with Gasteiger partial charge in [-0.3, -0.25) is 4.79 Å². The molecule has 6 heteroatoms. The monoisotopic (exact) mass is 311 g/mol.